The quantitative estimate of drug-likeness (QED) is 0.753. The van der Waals surface area contributed by atoms with Crippen molar-refractivity contribution in [1.82, 2.24) is 5.32 Å². The molecule has 0 saturated heterocycles. The standard InChI is InChI=1S/C14H18F2N2O4/c1-14(2,5-4-11(19)20)18-13(21)17-8-6-9(15)12(22-3)10(16)7-8/h6-7H,4-5H2,1-3H3,(H,19,20)(H2,17,18,21). The molecule has 0 aromatic heterocycles. The fourth-order valence-corrected chi connectivity index (χ4v) is 1.78. The molecule has 0 fully saturated rings. The first kappa shape index (κ1) is 17.7. The van der Waals surface area contributed by atoms with Crippen LogP contribution >= 0.6 is 0 Å². The molecule has 22 heavy (non-hydrogen) atoms. The summed E-state index contributed by atoms with van der Waals surface area (Å²) in [6, 6.07) is 1.15. The molecule has 0 unspecified atom stereocenters. The molecule has 0 atom stereocenters. The Morgan fingerprint density at radius 1 is 1.27 bits per heavy atom. The van der Waals surface area contributed by atoms with Crippen LogP contribution < -0.4 is 15.4 Å². The van der Waals surface area contributed by atoms with Crippen LogP contribution in [0.5, 0.6) is 5.75 Å². The van der Waals surface area contributed by atoms with Crippen molar-refractivity contribution in [1.29, 1.82) is 0 Å². The highest BCUT2D eigenvalue weighted by molar-refractivity contribution is 5.89. The first-order valence-electron chi connectivity index (χ1n) is 6.48. The van der Waals surface area contributed by atoms with E-state index < -0.39 is 34.9 Å². The van der Waals surface area contributed by atoms with Crippen molar-refractivity contribution in [3.05, 3.63) is 23.8 Å². The Bertz CT molecular complexity index is 553. The number of amides is 2. The summed E-state index contributed by atoms with van der Waals surface area (Å²) in [5.74, 6) is -3.40. The molecule has 122 valence electrons. The van der Waals surface area contributed by atoms with Gasteiger partial charge < -0.3 is 20.5 Å². The number of aliphatic carboxylic acids is 1. The van der Waals surface area contributed by atoms with E-state index in [0.717, 1.165) is 19.2 Å². The maximum absolute atomic E-state index is 13.5. The maximum Gasteiger partial charge on any atom is 0.319 e. The number of rotatable bonds is 6. The fourth-order valence-electron chi connectivity index (χ4n) is 1.78. The van der Waals surface area contributed by atoms with E-state index in [9.17, 15) is 18.4 Å². The molecule has 1 rings (SSSR count). The number of carboxylic acid groups (broad SMARTS) is 1. The second kappa shape index (κ2) is 7.06. The van der Waals surface area contributed by atoms with E-state index in [2.05, 4.69) is 15.4 Å². The lowest BCUT2D eigenvalue weighted by molar-refractivity contribution is -0.137. The molecule has 1 aromatic rings. The van der Waals surface area contributed by atoms with Crippen molar-refractivity contribution >= 4 is 17.7 Å². The molecule has 3 N–H and O–H groups in total. The first-order chi connectivity index (χ1) is 10.1. The number of ether oxygens (including phenoxy) is 1. The largest absolute Gasteiger partial charge is 0.491 e. The van der Waals surface area contributed by atoms with Gasteiger partial charge in [-0.3, -0.25) is 4.79 Å². The fraction of sp³-hybridized carbons (Fsp3) is 0.429. The molecule has 0 aliphatic carbocycles. The lowest BCUT2D eigenvalue weighted by Crippen LogP contribution is -2.45. The maximum atomic E-state index is 13.5. The van der Waals surface area contributed by atoms with Crippen LogP contribution in [0, 0.1) is 11.6 Å². The van der Waals surface area contributed by atoms with Crippen molar-refractivity contribution in [3.63, 3.8) is 0 Å². The predicted molar refractivity (Wildman–Crippen MR) is 76.0 cm³/mol. The van der Waals surface area contributed by atoms with Gasteiger partial charge in [0.25, 0.3) is 0 Å². The molecule has 0 spiro atoms. The van der Waals surface area contributed by atoms with E-state index in [1.54, 1.807) is 13.8 Å². The Balaban J connectivity index is 2.71. The number of urea groups is 1. The van der Waals surface area contributed by atoms with E-state index in [-0.39, 0.29) is 18.5 Å². The third-order valence-corrected chi connectivity index (χ3v) is 2.88. The van der Waals surface area contributed by atoms with Crippen molar-refractivity contribution < 1.29 is 28.2 Å². The van der Waals surface area contributed by atoms with Crippen molar-refractivity contribution in [2.24, 2.45) is 0 Å². The summed E-state index contributed by atoms with van der Waals surface area (Å²) in [5.41, 5.74) is -0.867. The molecule has 2 amide bonds. The van der Waals surface area contributed by atoms with E-state index in [4.69, 9.17) is 5.11 Å². The smallest absolute Gasteiger partial charge is 0.319 e. The summed E-state index contributed by atoms with van der Waals surface area (Å²) in [6.45, 7) is 3.29. The molecular formula is C14H18F2N2O4. The van der Waals surface area contributed by atoms with Crippen LogP contribution in [0.3, 0.4) is 0 Å². The summed E-state index contributed by atoms with van der Waals surface area (Å²) >= 11 is 0. The zero-order valence-electron chi connectivity index (χ0n) is 12.5. The van der Waals surface area contributed by atoms with Gasteiger partial charge in [-0.2, -0.15) is 0 Å². The van der Waals surface area contributed by atoms with Gasteiger partial charge in [0.05, 0.1) is 7.11 Å². The minimum atomic E-state index is -0.977. The van der Waals surface area contributed by atoms with Crippen molar-refractivity contribution in [3.8, 4) is 5.75 Å². The molecule has 8 heteroatoms. The highest BCUT2D eigenvalue weighted by Crippen LogP contribution is 2.25. The molecule has 0 aliphatic rings. The molecule has 0 bridgehead atoms. The molecule has 1 aromatic carbocycles. The van der Waals surface area contributed by atoms with E-state index in [0.29, 0.717) is 0 Å². The van der Waals surface area contributed by atoms with E-state index in [1.165, 1.54) is 0 Å². The zero-order chi connectivity index (χ0) is 16.9. The molecule has 0 radical (unpaired) electrons. The summed E-state index contributed by atoms with van der Waals surface area (Å²) < 4.78 is 31.6. The number of hydrogen-bond acceptors (Lipinski definition) is 3. The van der Waals surface area contributed by atoms with Gasteiger partial charge in [0.2, 0.25) is 0 Å². The van der Waals surface area contributed by atoms with Gasteiger partial charge in [-0.05, 0) is 20.3 Å². The van der Waals surface area contributed by atoms with Gasteiger partial charge in [0.1, 0.15) is 0 Å². The predicted octanol–water partition coefficient (Wildman–Crippen LogP) is 2.74. The number of nitrogens with one attached hydrogen (secondary N) is 2. The Morgan fingerprint density at radius 3 is 2.27 bits per heavy atom. The van der Waals surface area contributed by atoms with Crippen LogP contribution in [0.1, 0.15) is 26.7 Å². The van der Waals surface area contributed by atoms with Crippen LogP contribution in [0.4, 0.5) is 19.3 Å². The van der Waals surface area contributed by atoms with Gasteiger partial charge in [0, 0.05) is 29.8 Å². The average molecular weight is 316 g/mol. The molecule has 0 heterocycles. The second-order valence-electron chi connectivity index (χ2n) is 5.33. The summed E-state index contributed by atoms with van der Waals surface area (Å²) in [7, 11) is 1.13. The Kier molecular flexibility index (Phi) is 5.67. The molecule has 6 nitrogen and oxygen atoms in total. The van der Waals surface area contributed by atoms with Crippen LogP contribution in [-0.2, 0) is 4.79 Å². The number of carbonyl (C=O) groups excluding carboxylic acids is 1. The first-order valence-corrected chi connectivity index (χ1v) is 6.48. The Morgan fingerprint density at radius 2 is 1.82 bits per heavy atom. The van der Waals surface area contributed by atoms with E-state index in [1.807, 2.05) is 0 Å². The number of halogens is 2. The molecule has 0 aliphatic heterocycles. The van der Waals surface area contributed by atoms with Gasteiger partial charge in [-0.25, -0.2) is 13.6 Å². The minimum absolute atomic E-state index is 0.0812. The number of benzene rings is 1. The summed E-state index contributed by atoms with van der Waals surface area (Å²) in [5, 5.41) is 13.5. The third kappa shape index (κ3) is 5.19. The van der Waals surface area contributed by atoms with Crippen molar-refractivity contribution in [2.45, 2.75) is 32.2 Å². The van der Waals surface area contributed by atoms with Crippen molar-refractivity contribution in [2.75, 3.05) is 12.4 Å². The second-order valence-corrected chi connectivity index (χ2v) is 5.33. The number of methoxy groups -OCH3 is 1. The summed E-state index contributed by atoms with van der Waals surface area (Å²) in [4.78, 5) is 22.3. The monoisotopic (exact) mass is 316 g/mol. The SMILES string of the molecule is COc1c(F)cc(NC(=O)NC(C)(C)CCC(=O)O)cc1F. The van der Waals surface area contributed by atoms with Gasteiger partial charge >= 0.3 is 12.0 Å². The third-order valence-electron chi connectivity index (χ3n) is 2.88. The van der Waals surface area contributed by atoms with Crippen LogP contribution in [0.2, 0.25) is 0 Å². The Labute approximate surface area is 126 Å². The number of anilines is 1. The number of hydrogen-bond donors (Lipinski definition) is 3. The van der Waals surface area contributed by atoms with Gasteiger partial charge in [-0.1, -0.05) is 0 Å². The minimum Gasteiger partial charge on any atom is -0.491 e. The molecule has 0 saturated carbocycles. The highest BCUT2D eigenvalue weighted by atomic mass is 19.1. The number of carbonyl (C=O) groups is 2. The van der Waals surface area contributed by atoms with Crippen LogP contribution in [0.15, 0.2) is 12.1 Å². The lowest BCUT2D eigenvalue weighted by atomic mass is 9.99. The summed E-state index contributed by atoms with van der Waals surface area (Å²) in [6.07, 6.45) is 0.0974. The normalized spacial score (nSPS) is 11.0. The van der Waals surface area contributed by atoms with Crippen LogP contribution in [0.25, 0.3) is 0 Å². The van der Waals surface area contributed by atoms with E-state index >= 15 is 0 Å². The topological polar surface area (TPSA) is 87.7 Å². The average Bonchev–Trinajstić information content (AvgIpc) is 2.35. The molecular weight excluding hydrogens is 298 g/mol. The zero-order valence-corrected chi connectivity index (χ0v) is 12.5. The van der Waals surface area contributed by atoms with Gasteiger partial charge in [-0.15, -0.1) is 0 Å². The lowest BCUT2D eigenvalue weighted by Gasteiger charge is -2.25. The Hall–Kier alpha value is -2.38. The number of carboxylic acids is 1. The van der Waals surface area contributed by atoms with Crippen LogP contribution in [-0.4, -0.2) is 29.8 Å². The van der Waals surface area contributed by atoms with Gasteiger partial charge in [0.15, 0.2) is 17.4 Å². The highest BCUT2D eigenvalue weighted by Gasteiger charge is 2.22.